The van der Waals surface area contributed by atoms with E-state index in [0.29, 0.717) is 31.6 Å². The van der Waals surface area contributed by atoms with Crippen molar-refractivity contribution in [3.8, 4) is 0 Å². The SMILES string of the molecule is CSCCC(NC(=O)C(C)N)C(=O)NC(CCCCN)C(=O)NC(CS)C(=O)O. The van der Waals surface area contributed by atoms with Crippen LogP contribution in [0.5, 0.6) is 0 Å². The predicted octanol–water partition coefficient (Wildman–Crippen LogP) is -1.32. The van der Waals surface area contributed by atoms with E-state index in [4.69, 9.17) is 16.6 Å². The lowest BCUT2D eigenvalue weighted by Crippen LogP contribution is -2.57. The Labute approximate surface area is 181 Å². The molecule has 0 radical (unpaired) electrons. The Morgan fingerprint density at radius 2 is 1.48 bits per heavy atom. The second-order valence-electron chi connectivity index (χ2n) is 6.56. The molecule has 0 saturated carbocycles. The second kappa shape index (κ2) is 15.4. The number of carboxylic acid groups (broad SMARTS) is 1. The molecule has 0 heterocycles. The van der Waals surface area contributed by atoms with Crippen LogP contribution >= 0.6 is 24.4 Å². The highest BCUT2D eigenvalue weighted by atomic mass is 32.2. The van der Waals surface area contributed by atoms with E-state index in [0.717, 1.165) is 0 Å². The zero-order chi connectivity index (χ0) is 22.4. The van der Waals surface area contributed by atoms with E-state index in [9.17, 15) is 19.2 Å². The monoisotopic (exact) mass is 451 g/mol. The summed E-state index contributed by atoms with van der Waals surface area (Å²) in [5, 5.41) is 16.7. The number of hydrogen-bond acceptors (Lipinski definition) is 8. The Morgan fingerprint density at radius 3 is 1.93 bits per heavy atom. The van der Waals surface area contributed by atoms with E-state index in [1.54, 1.807) is 0 Å². The number of hydrogen-bond donors (Lipinski definition) is 7. The molecule has 8 N–H and O–H groups in total. The average Bonchev–Trinajstić information content (AvgIpc) is 2.67. The van der Waals surface area contributed by atoms with Crippen LogP contribution in [-0.4, -0.2) is 77.3 Å². The number of nitrogens with two attached hydrogens (primary N) is 2. The molecule has 10 nitrogen and oxygen atoms in total. The normalized spacial score (nSPS) is 14.9. The van der Waals surface area contributed by atoms with Crippen molar-refractivity contribution in [3.05, 3.63) is 0 Å². The molecule has 0 bridgehead atoms. The van der Waals surface area contributed by atoms with Crippen LogP contribution in [0.3, 0.4) is 0 Å². The Morgan fingerprint density at radius 1 is 0.966 bits per heavy atom. The lowest BCUT2D eigenvalue weighted by Gasteiger charge is -2.24. The van der Waals surface area contributed by atoms with Gasteiger partial charge < -0.3 is 32.5 Å². The van der Waals surface area contributed by atoms with Crippen LogP contribution in [0.15, 0.2) is 0 Å². The van der Waals surface area contributed by atoms with E-state index in [1.165, 1.54) is 18.7 Å². The van der Waals surface area contributed by atoms with Crippen molar-refractivity contribution in [2.75, 3.05) is 24.3 Å². The molecule has 4 atom stereocenters. The first-order chi connectivity index (χ1) is 13.7. The predicted molar refractivity (Wildman–Crippen MR) is 117 cm³/mol. The molecule has 3 amide bonds. The fraction of sp³-hybridized carbons (Fsp3) is 0.765. The first kappa shape index (κ1) is 27.5. The Bertz CT molecular complexity index is 550. The van der Waals surface area contributed by atoms with Crippen LogP contribution in [-0.2, 0) is 19.2 Å². The number of carbonyl (C=O) groups is 4. The van der Waals surface area contributed by atoms with Crippen molar-refractivity contribution in [2.24, 2.45) is 11.5 Å². The summed E-state index contributed by atoms with van der Waals surface area (Å²) >= 11 is 5.43. The molecule has 0 aromatic heterocycles. The van der Waals surface area contributed by atoms with Gasteiger partial charge in [0, 0.05) is 5.75 Å². The van der Waals surface area contributed by atoms with Gasteiger partial charge in [0.15, 0.2) is 0 Å². The largest absolute Gasteiger partial charge is 0.480 e. The topological polar surface area (TPSA) is 177 Å². The van der Waals surface area contributed by atoms with E-state index >= 15 is 0 Å². The third-order valence-electron chi connectivity index (χ3n) is 4.03. The highest BCUT2D eigenvalue weighted by Gasteiger charge is 2.29. The smallest absolute Gasteiger partial charge is 0.327 e. The molecule has 0 aliphatic heterocycles. The van der Waals surface area contributed by atoms with Gasteiger partial charge in [-0.1, -0.05) is 0 Å². The number of unbranched alkanes of at least 4 members (excludes halogenated alkanes) is 1. The number of carboxylic acids is 1. The maximum atomic E-state index is 12.7. The molecule has 0 fully saturated rings. The van der Waals surface area contributed by atoms with Crippen molar-refractivity contribution < 1.29 is 24.3 Å². The highest BCUT2D eigenvalue weighted by molar-refractivity contribution is 7.98. The summed E-state index contributed by atoms with van der Waals surface area (Å²) in [6.45, 7) is 1.93. The van der Waals surface area contributed by atoms with E-state index in [1.807, 2.05) is 6.26 Å². The molecule has 0 aromatic carbocycles. The van der Waals surface area contributed by atoms with Gasteiger partial charge in [-0.05, 0) is 51.2 Å². The summed E-state index contributed by atoms with van der Waals surface area (Å²) in [5.74, 6) is -2.33. The molecule has 0 aliphatic rings. The summed E-state index contributed by atoms with van der Waals surface area (Å²) in [5.41, 5.74) is 11.0. The lowest BCUT2D eigenvalue weighted by molar-refractivity contribution is -0.141. The van der Waals surface area contributed by atoms with E-state index < -0.39 is 47.9 Å². The average molecular weight is 452 g/mol. The van der Waals surface area contributed by atoms with Gasteiger partial charge in [0.05, 0.1) is 6.04 Å². The zero-order valence-electron chi connectivity index (χ0n) is 16.8. The summed E-state index contributed by atoms with van der Waals surface area (Å²) in [6.07, 6.45) is 3.72. The van der Waals surface area contributed by atoms with Crippen LogP contribution in [0.25, 0.3) is 0 Å². The maximum absolute atomic E-state index is 12.7. The molecule has 0 saturated heterocycles. The zero-order valence-corrected chi connectivity index (χ0v) is 18.6. The van der Waals surface area contributed by atoms with E-state index in [-0.39, 0.29) is 12.2 Å². The number of amides is 3. The molecule has 168 valence electrons. The number of thioether (sulfide) groups is 1. The van der Waals surface area contributed by atoms with Crippen LogP contribution in [0.4, 0.5) is 0 Å². The van der Waals surface area contributed by atoms with Gasteiger partial charge in [-0.25, -0.2) is 4.79 Å². The summed E-state index contributed by atoms with van der Waals surface area (Å²) < 4.78 is 0. The minimum absolute atomic E-state index is 0.0919. The summed E-state index contributed by atoms with van der Waals surface area (Å²) in [7, 11) is 0. The minimum Gasteiger partial charge on any atom is -0.480 e. The van der Waals surface area contributed by atoms with Crippen molar-refractivity contribution in [2.45, 2.75) is 56.8 Å². The summed E-state index contributed by atoms with van der Waals surface area (Å²) in [6, 6.07) is -3.77. The molecule has 29 heavy (non-hydrogen) atoms. The van der Waals surface area contributed by atoms with Crippen molar-refractivity contribution in [1.82, 2.24) is 16.0 Å². The standard InChI is InChI=1S/C17H33N5O5S2/c1-10(19)14(23)20-12(6-8-29-2)16(25)21-11(5-3-4-7-18)15(24)22-13(9-28)17(26)27/h10-13,28H,3-9,18-19H2,1-2H3,(H,20,23)(H,21,25)(H,22,24)(H,26,27). The van der Waals surface area contributed by atoms with Crippen LogP contribution in [0.2, 0.25) is 0 Å². The van der Waals surface area contributed by atoms with Gasteiger partial charge in [-0.15, -0.1) is 0 Å². The molecule has 0 aromatic rings. The van der Waals surface area contributed by atoms with Gasteiger partial charge in [0.1, 0.15) is 18.1 Å². The first-order valence-corrected chi connectivity index (χ1v) is 11.4. The van der Waals surface area contributed by atoms with Crippen molar-refractivity contribution >= 4 is 48.1 Å². The molecular weight excluding hydrogens is 418 g/mol. The number of carbonyl (C=O) groups excluding carboxylic acids is 3. The fourth-order valence-corrected chi connectivity index (χ4v) is 3.02. The molecular formula is C17H33N5O5S2. The molecule has 4 unspecified atom stereocenters. The quantitative estimate of drug-likeness (QED) is 0.118. The van der Waals surface area contributed by atoms with E-state index in [2.05, 4.69) is 28.6 Å². The van der Waals surface area contributed by atoms with Crippen molar-refractivity contribution in [1.29, 1.82) is 0 Å². The number of thiol groups is 1. The van der Waals surface area contributed by atoms with Crippen LogP contribution in [0, 0.1) is 0 Å². The maximum Gasteiger partial charge on any atom is 0.327 e. The van der Waals surface area contributed by atoms with Gasteiger partial charge in [-0.2, -0.15) is 24.4 Å². The van der Waals surface area contributed by atoms with Gasteiger partial charge >= 0.3 is 5.97 Å². The minimum atomic E-state index is -1.22. The van der Waals surface area contributed by atoms with Crippen molar-refractivity contribution in [3.63, 3.8) is 0 Å². The molecule has 0 aliphatic carbocycles. The van der Waals surface area contributed by atoms with Gasteiger partial charge in [0.25, 0.3) is 0 Å². The second-order valence-corrected chi connectivity index (χ2v) is 7.91. The van der Waals surface area contributed by atoms with Gasteiger partial charge in [0.2, 0.25) is 17.7 Å². The molecule has 0 spiro atoms. The fourth-order valence-electron chi connectivity index (χ4n) is 2.30. The first-order valence-electron chi connectivity index (χ1n) is 9.37. The Hall–Kier alpha value is -1.50. The third-order valence-corrected chi connectivity index (χ3v) is 5.04. The van der Waals surface area contributed by atoms with Crippen LogP contribution < -0.4 is 27.4 Å². The van der Waals surface area contributed by atoms with Gasteiger partial charge in [-0.3, -0.25) is 14.4 Å². The summed E-state index contributed by atoms with van der Waals surface area (Å²) in [4.78, 5) is 48.4. The molecule has 12 heteroatoms. The lowest BCUT2D eigenvalue weighted by atomic mass is 10.1. The Balaban J connectivity index is 5.26. The molecule has 0 rings (SSSR count). The number of aliphatic carboxylic acids is 1. The number of rotatable bonds is 15. The Kier molecular flexibility index (Phi) is 14.6. The van der Waals surface area contributed by atoms with Crippen LogP contribution in [0.1, 0.15) is 32.6 Å². The third kappa shape index (κ3) is 11.3. The highest BCUT2D eigenvalue weighted by Crippen LogP contribution is 2.06. The number of nitrogens with one attached hydrogen (secondary N) is 3.